The van der Waals surface area contributed by atoms with Crippen LogP contribution in [0.3, 0.4) is 0 Å². The van der Waals surface area contributed by atoms with Crippen molar-refractivity contribution in [2.45, 2.75) is 70.2 Å². The van der Waals surface area contributed by atoms with E-state index in [1.807, 2.05) is 45.0 Å². The molecule has 2 atom stereocenters. The first-order chi connectivity index (χ1) is 15.9. The highest BCUT2D eigenvalue weighted by Crippen LogP contribution is 2.52. The van der Waals surface area contributed by atoms with Gasteiger partial charge < -0.3 is 18.9 Å². The zero-order chi connectivity index (χ0) is 22.7. The number of para-hydroxylation sites is 2. The van der Waals surface area contributed by atoms with E-state index in [2.05, 4.69) is 46.0 Å². The van der Waals surface area contributed by atoms with Crippen molar-refractivity contribution >= 4 is 5.91 Å². The molecule has 0 aliphatic carbocycles. The van der Waals surface area contributed by atoms with Gasteiger partial charge in [-0.15, -0.1) is 0 Å². The molecule has 1 aromatic heterocycles. The Morgan fingerprint density at radius 1 is 1.06 bits per heavy atom. The number of hydrogen-bond acceptors (Lipinski definition) is 3. The molecule has 2 saturated heterocycles. The van der Waals surface area contributed by atoms with Crippen molar-refractivity contribution in [1.29, 1.82) is 0 Å². The maximum Gasteiger partial charge on any atom is 0.254 e. The normalized spacial score (nSPS) is 25.0. The minimum atomic E-state index is -0.384. The topological polar surface area (TPSA) is 43.7 Å². The molecular formula is C28H30N2O3. The smallest absolute Gasteiger partial charge is 0.254 e. The number of fused-ring (bicyclic) bond motifs is 6. The lowest BCUT2D eigenvalue weighted by Crippen LogP contribution is -2.55. The van der Waals surface area contributed by atoms with Gasteiger partial charge in [-0.25, -0.2) is 0 Å². The van der Waals surface area contributed by atoms with E-state index in [0.29, 0.717) is 0 Å². The second-order valence-corrected chi connectivity index (χ2v) is 9.98. The summed E-state index contributed by atoms with van der Waals surface area (Å²) in [4.78, 5) is 15.8. The standard InChI is InChI=1S/C28H30N2O3/c1-18(2)32-24-13-10-20(15-19(24)3)27(31)30-21-11-12-22(30)17-28(16-21)26-9-6-14-29(26)23-7-4-5-8-25(23)33-28/h4-10,13-15,18,21-22H,11-12,16-17H2,1-3H3. The molecular weight excluding hydrogens is 412 g/mol. The van der Waals surface area contributed by atoms with E-state index in [1.165, 1.54) is 5.69 Å². The molecule has 170 valence electrons. The summed E-state index contributed by atoms with van der Waals surface area (Å²) in [5, 5.41) is 0. The SMILES string of the molecule is Cc1cc(C(=O)N2C3CCC2CC2(C3)Oc3ccccc3-n3cccc32)ccc1OC(C)C. The molecule has 6 rings (SSSR count). The lowest BCUT2D eigenvalue weighted by atomic mass is 9.81. The fraction of sp³-hybridized carbons (Fsp3) is 0.393. The van der Waals surface area contributed by atoms with Gasteiger partial charge in [-0.1, -0.05) is 12.1 Å². The highest BCUT2D eigenvalue weighted by Gasteiger charge is 2.54. The molecule has 2 unspecified atom stereocenters. The maximum atomic E-state index is 13.7. The van der Waals surface area contributed by atoms with Gasteiger partial charge in [0.1, 0.15) is 11.5 Å². The first-order valence-corrected chi connectivity index (χ1v) is 12.0. The predicted molar refractivity (Wildman–Crippen MR) is 127 cm³/mol. The van der Waals surface area contributed by atoms with Crippen LogP contribution < -0.4 is 9.47 Å². The Morgan fingerprint density at radius 3 is 2.55 bits per heavy atom. The number of benzene rings is 2. The Bertz CT molecular complexity index is 1210. The van der Waals surface area contributed by atoms with Gasteiger partial charge in [0.05, 0.1) is 17.5 Å². The number of nitrogens with zero attached hydrogens (tertiary/aromatic N) is 2. The van der Waals surface area contributed by atoms with Crippen molar-refractivity contribution in [3.05, 3.63) is 77.6 Å². The molecule has 1 amide bonds. The van der Waals surface area contributed by atoms with E-state index in [1.54, 1.807) is 0 Å². The largest absolute Gasteiger partial charge is 0.491 e. The number of hydrogen-bond donors (Lipinski definition) is 0. The molecule has 33 heavy (non-hydrogen) atoms. The van der Waals surface area contributed by atoms with Gasteiger partial charge in [-0.2, -0.15) is 0 Å². The molecule has 3 aliphatic heterocycles. The van der Waals surface area contributed by atoms with Gasteiger partial charge in [0.15, 0.2) is 5.60 Å². The van der Waals surface area contributed by atoms with Crippen LogP contribution in [-0.4, -0.2) is 33.6 Å². The van der Waals surface area contributed by atoms with Crippen molar-refractivity contribution in [1.82, 2.24) is 9.47 Å². The van der Waals surface area contributed by atoms with E-state index in [-0.39, 0.29) is 29.7 Å². The summed E-state index contributed by atoms with van der Waals surface area (Å²) in [7, 11) is 0. The van der Waals surface area contributed by atoms with Crippen LogP contribution in [0.25, 0.3) is 5.69 Å². The number of carbonyl (C=O) groups is 1. The van der Waals surface area contributed by atoms with Crippen molar-refractivity contribution in [2.24, 2.45) is 0 Å². The number of aromatic nitrogens is 1. The highest BCUT2D eigenvalue weighted by atomic mass is 16.5. The summed E-state index contributed by atoms with van der Waals surface area (Å²) in [5.74, 6) is 1.90. The fourth-order valence-electron chi connectivity index (χ4n) is 6.12. The van der Waals surface area contributed by atoms with Crippen molar-refractivity contribution in [3.8, 4) is 17.2 Å². The minimum Gasteiger partial charge on any atom is -0.491 e. The lowest BCUT2D eigenvalue weighted by molar-refractivity contribution is -0.0369. The Balaban J connectivity index is 1.30. The Morgan fingerprint density at radius 2 is 1.82 bits per heavy atom. The predicted octanol–water partition coefficient (Wildman–Crippen LogP) is 5.63. The molecule has 3 aromatic rings. The minimum absolute atomic E-state index is 0.110. The van der Waals surface area contributed by atoms with Crippen LogP contribution >= 0.6 is 0 Å². The molecule has 2 fully saturated rings. The van der Waals surface area contributed by atoms with E-state index in [0.717, 1.165) is 54.0 Å². The third kappa shape index (κ3) is 3.17. The average Bonchev–Trinajstić information content (AvgIpc) is 3.39. The van der Waals surface area contributed by atoms with Gasteiger partial charge >= 0.3 is 0 Å². The summed E-state index contributed by atoms with van der Waals surface area (Å²) < 4.78 is 14.9. The number of carbonyl (C=O) groups excluding carboxylic acids is 1. The number of aryl methyl sites for hydroxylation is 1. The molecule has 2 bridgehead atoms. The lowest BCUT2D eigenvalue weighted by Gasteiger charge is -2.48. The molecule has 5 heteroatoms. The summed E-state index contributed by atoms with van der Waals surface area (Å²) >= 11 is 0. The van der Waals surface area contributed by atoms with Gasteiger partial charge in [-0.05, 0) is 81.6 Å². The number of amides is 1. The van der Waals surface area contributed by atoms with Crippen molar-refractivity contribution in [2.75, 3.05) is 0 Å². The third-order valence-electron chi connectivity index (χ3n) is 7.42. The fourth-order valence-corrected chi connectivity index (χ4v) is 6.12. The molecule has 0 radical (unpaired) electrons. The second kappa shape index (κ2) is 7.41. The zero-order valence-electron chi connectivity index (χ0n) is 19.5. The summed E-state index contributed by atoms with van der Waals surface area (Å²) in [6, 6.07) is 18.7. The summed E-state index contributed by atoms with van der Waals surface area (Å²) in [6.45, 7) is 6.04. The van der Waals surface area contributed by atoms with Crippen LogP contribution in [-0.2, 0) is 5.60 Å². The highest BCUT2D eigenvalue weighted by molar-refractivity contribution is 5.95. The zero-order valence-corrected chi connectivity index (χ0v) is 19.5. The number of rotatable bonds is 3. The summed E-state index contributed by atoms with van der Waals surface area (Å²) in [6.07, 6.45) is 5.93. The van der Waals surface area contributed by atoms with Gasteiger partial charge in [0, 0.05) is 36.7 Å². The van der Waals surface area contributed by atoms with E-state index in [9.17, 15) is 4.79 Å². The van der Waals surface area contributed by atoms with Gasteiger partial charge in [0.2, 0.25) is 0 Å². The quantitative estimate of drug-likeness (QED) is 0.528. The molecule has 4 heterocycles. The second-order valence-electron chi connectivity index (χ2n) is 9.98. The van der Waals surface area contributed by atoms with Gasteiger partial charge in [0.25, 0.3) is 5.91 Å². The third-order valence-corrected chi connectivity index (χ3v) is 7.42. The molecule has 2 aromatic carbocycles. The Hall–Kier alpha value is -3.21. The van der Waals surface area contributed by atoms with Crippen molar-refractivity contribution in [3.63, 3.8) is 0 Å². The van der Waals surface area contributed by atoms with Crippen LogP contribution in [0.1, 0.15) is 61.1 Å². The molecule has 3 aliphatic rings. The first kappa shape index (κ1) is 20.4. The first-order valence-electron chi connectivity index (χ1n) is 12.0. The van der Waals surface area contributed by atoms with Crippen LogP contribution in [0.5, 0.6) is 11.5 Å². The van der Waals surface area contributed by atoms with E-state index in [4.69, 9.17) is 9.47 Å². The molecule has 0 saturated carbocycles. The van der Waals surface area contributed by atoms with E-state index >= 15 is 0 Å². The average molecular weight is 443 g/mol. The summed E-state index contributed by atoms with van der Waals surface area (Å²) in [5.41, 5.74) is 3.66. The Kier molecular flexibility index (Phi) is 4.58. The molecule has 0 N–H and O–H groups in total. The van der Waals surface area contributed by atoms with Crippen LogP contribution in [0, 0.1) is 6.92 Å². The number of piperidine rings is 1. The van der Waals surface area contributed by atoms with Crippen LogP contribution in [0.15, 0.2) is 60.8 Å². The van der Waals surface area contributed by atoms with Crippen molar-refractivity contribution < 1.29 is 14.3 Å². The van der Waals surface area contributed by atoms with E-state index < -0.39 is 0 Å². The molecule has 5 nitrogen and oxygen atoms in total. The van der Waals surface area contributed by atoms with Crippen LogP contribution in [0.4, 0.5) is 0 Å². The maximum absolute atomic E-state index is 13.7. The molecule has 1 spiro atoms. The monoisotopic (exact) mass is 442 g/mol. The number of ether oxygens (including phenoxy) is 2. The Labute approximate surface area is 194 Å². The van der Waals surface area contributed by atoms with Crippen LogP contribution in [0.2, 0.25) is 0 Å². The van der Waals surface area contributed by atoms with Gasteiger partial charge in [-0.3, -0.25) is 4.79 Å².